The van der Waals surface area contributed by atoms with Crippen molar-refractivity contribution in [1.82, 2.24) is 5.32 Å². The summed E-state index contributed by atoms with van der Waals surface area (Å²) in [5, 5.41) is 5.30. The second kappa shape index (κ2) is 7.41. The number of benzene rings is 1. The van der Waals surface area contributed by atoms with Gasteiger partial charge in [-0.25, -0.2) is 4.39 Å². The van der Waals surface area contributed by atoms with Gasteiger partial charge in [-0.1, -0.05) is 19.1 Å². The monoisotopic (exact) mass is 293 g/mol. The van der Waals surface area contributed by atoms with Crippen LogP contribution in [0.3, 0.4) is 0 Å². The molecule has 0 saturated carbocycles. The van der Waals surface area contributed by atoms with Crippen molar-refractivity contribution in [2.45, 2.75) is 26.3 Å². The van der Waals surface area contributed by atoms with Crippen molar-refractivity contribution < 1.29 is 9.13 Å². The van der Waals surface area contributed by atoms with Crippen molar-refractivity contribution in [3.05, 3.63) is 52.0 Å². The molecule has 2 nitrogen and oxygen atoms in total. The van der Waals surface area contributed by atoms with Gasteiger partial charge in [0.2, 0.25) is 0 Å². The molecule has 0 fully saturated rings. The Labute approximate surface area is 123 Å². The first-order valence-corrected chi connectivity index (χ1v) is 7.76. The molecule has 0 aliphatic heterocycles. The Balaban J connectivity index is 1.92. The minimum absolute atomic E-state index is 0.148. The predicted molar refractivity (Wildman–Crippen MR) is 82.0 cm³/mol. The third kappa shape index (κ3) is 4.05. The highest BCUT2D eigenvalue weighted by Gasteiger charge is 2.09. The molecule has 0 saturated heterocycles. The van der Waals surface area contributed by atoms with Crippen LogP contribution in [0, 0.1) is 5.82 Å². The van der Waals surface area contributed by atoms with Crippen LogP contribution in [0.15, 0.2) is 35.7 Å². The molecule has 20 heavy (non-hydrogen) atoms. The lowest BCUT2D eigenvalue weighted by molar-refractivity contribution is 0.306. The van der Waals surface area contributed by atoms with Crippen LogP contribution < -0.4 is 10.1 Å². The van der Waals surface area contributed by atoms with Gasteiger partial charge in [0, 0.05) is 17.3 Å². The molecule has 0 amide bonds. The molecule has 0 bridgehead atoms. The Morgan fingerprint density at radius 2 is 2.20 bits per heavy atom. The first-order valence-electron chi connectivity index (χ1n) is 6.88. The van der Waals surface area contributed by atoms with Crippen molar-refractivity contribution in [2.24, 2.45) is 0 Å². The van der Waals surface area contributed by atoms with Crippen LogP contribution in [-0.4, -0.2) is 13.2 Å². The predicted octanol–water partition coefficient (Wildman–Crippen LogP) is 4.18. The highest BCUT2D eigenvalue weighted by Crippen LogP contribution is 2.22. The zero-order valence-corrected chi connectivity index (χ0v) is 12.7. The summed E-state index contributed by atoms with van der Waals surface area (Å²) in [7, 11) is 0. The molecule has 2 aromatic rings. The Kier molecular flexibility index (Phi) is 5.56. The average molecular weight is 293 g/mol. The third-order valence-electron chi connectivity index (χ3n) is 3.15. The molecule has 0 radical (unpaired) electrons. The summed E-state index contributed by atoms with van der Waals surface area (Å²) in [6, 6.07) is 9.40. The zero-order valence-electron chi connectivity index (χ0n) is 11.9. The minimum Gasteiger partial charge on any atom is -0.490 e. The van der Waals surface area contributed by atoms with Crippen molar-refractivity contribution in [2.75, 3.05) is 13.2 Å². The highest BCUT2D eigenvalue weighted by atomic mass is 32.1. The Hall–Kier alpha value is -1.39. The summed E-state index contributed by atoms with van der Waals surface area (Å²) in [5.74, 6) is 0.0347. The van der Waals surface area contributed by atoms with Crippen LogP contribution in [-0.2, 0) is 6.42 Å². The van der Waals surface area contributed by atoms with E-state index < -0.39 is 0 Å². The topological polar surface area (TPSA) is 21.3 Å². The number of rotatable bonds is 7. The number of ether oxygens (including phenoxy) is 1. The first-order chi connectivity index (χ1) is 9.70. The molecule has 0 spiro atoms. The molecule has 1 N–H and O–H groups in total. The maximum Gasteiger partial charge on any atom is 0.165 e. The molecule has 1 aromatic carbocycles. The van der Waals surface area contributed by atoms with E-state index in [1.54, 1.807) is 23.5 Å². The van der Waals surface area contributed by atoms with E-state index in [1.165, 1.54) is 4.88 Å². The Morgan fingerprint density at radius 3 is 2.85 bits per heavy atom. The largest absolute Gasteiger partial charge is 0.490 e. The van der Waals surface area contributed by atoms with Gasteiger partial charge < -0.3 is 10.1 Å². The van der Waals surface area contributed by atoms with Crippen molar-refractivity contribution in [3.8, 4) is 5.75 Å². The van der Waals surface area contributed by atoms with Gasteiger partial charge >= 0.3 is 0 Å². The molecule has 2 rings (SSSR count). The van der Waals surface area contributed by atoms with Crippen LogP contribution in [0.1, 0.15) is 30.3 Å². The fourth-order valence-electron chi connectivity index (χ4n) is 2.04. The lowest BCUT2D eigenvalue weighted by Gasteiger charge is -2.14. The number of halogens is 1. The van der Waals surface area contributed by atoms with Gasteiger partial charge in [-0.05, 0) is 42.6 Å². The van der Waals surface area contributed by atoms with Gasteiger partial charge in [0.05, 0.1) is 6.61 Å². The van der Waals surface area contributed by atoms with E-state index in [9.17, 15) is 4.39 Å². The quantitative estimate of drug-likeness (QED) is 0.827. The van der Waals surface area contributed by atoms with Crippen LogP contribution in [0.2, 0.25) is 0 Å². The van der Waals surface area contributed by atoms with E-state index in [4.69, 9.17) is 4.74 Å². The van der Waals surface area contributed by atoms with Crippen LogP contribution in [0.25, 0.3) is 0 Å². The number of nitrogens with one attached hydrogen (secondary N) is 1. The normalized spacial score (nSPS) is 12.3. The fraction of sp³-hybridized carbons (Fsp3) is 0.375. The lowest BCUT2D eigenvalue weighted by atomic mass is 10.1. The number of hydrogen-bond donors (Lipinski definition) is 1. The van der Waals surface area contributed by atoms with Crippen molar-refractivity contribution >= 4 is 11.3 Å². The van der Waals surface area contributed by atoms with E-state index >= 15 is 0 Å². The Bertz CT molecular complexity index is 527. The first kappa shape index (κ1) is 15.0. The maximum atomic E-state index is 14.0. The number of thiophene rings is 1. The van der Waals surface area contributed by atoms with E-state index in [1.807, 2.05) is 31.4 Å². The molecule has 1 aromatic heterocycles. The van der Waals surface area contributed by atoms with Crippen molar-refractivity contribution in [1.29, 1.82) is 0 Å². The highest BCUT2D eigenvalue weighted by molar-refractivity contribution is 7.09. The van der Waals surface area contributed by atoms with E-state index in [-0.39, 0.29) is 11.9 Å². The summed E-state index contributed by atoms with van der Waals surface area (Å²) >= 11 is 1.69. The zero-order chi connectivity index (χ0) is 14.4. The molecule has 1 unspecified atom stereocenters. The third-order valence-corrected chi connectivity index (χ3v) is 4.09. The van der Waals surface area contributed by atoms with E-state index in [0.29, 0.717) is 12.4 Å². The minimum atomic E-state index is -0.293. The van der Waals surface area contributed by atoms with Crippen LogP contribution in [0.4, 0.5) is 4.39 Å². The standard InChI is InChI=1S/C16H20FNOS/c1-3-18-12(2)13-6-7-16(15(17)11-13)19-9-8-14-5-4-10-20-14/h4-7,10-12,18H,3,8-9H2,1-2H3. The molecular weight excluding hydrogens is 273 g/mol. The van der Waals surface area contributed by atoms with E-state index in [2.05, 4.69) is 11.4 Å². The summed E-state index contributed by atoms with van der Waals surface area (Å²) < 4.78 is 19.5. The molecule has 108 valence electrons. The van der Waals surface area contributed by atoms with Gasteiger partial charge in [-0.3, -0.25) is 0 Å². The summed E-state index contributed by atoms with van der Waals surface area (Å²) in [5.41, 5.74) is 0.940. The maximum absolute atomic E-state index is 14.0. The molecule has 4 heteroatoms. The summed E-state index contributed by atoms with van der Waals surface area (Å²) in [6.45, 7) is 5.42. The average Bonchev–Trinajstić information content (AvgIpc) is 2.94. The van der Waals surface area contributed by atoms with Gasteiger partial charge in [0.1, 0.15) is 0 Å². The van der Waals surface area contributed by atoms with Crippen LogP contribution in [0.5, 0.6) is 5.75 Å². The van der Waals surface area contributed by atoms with Gasteiger partial charge in [-0.15, -0.1) is 11.3 Å². The second-order valence-electron chi connectivity index (χ2n) is 4.65. The van der Waals surface area contributed by atoms with Gasteiger partial charge in [0.25, 0.3) is 0 Å². The summed E-state index contributed by atoms with van der Waals surface area (Å²) in [4.78, 5) is 1.25. The smallest absolute Gasteiger partial charge is 0.165 e. The molecule has 0 aliphatic carbocycles. The molecule has 1 atom stereocenters. The Morgan fingerprint density at radius 1 is 1.35 bits per heavy atom. The van der Waals surface area contributed by atoms with Crippen molar-refractivity contribution in [3.63, 3.8) is 0 Å². The summed E-state index contributed by atoms with van der Waals surface area (Å²) in [6.07, 6.45) is 0.812. The van der Waals surface area contributed by atoms with E-state index in [0.717, 1.165) is 18.5 Å². The molecule has 1 heterocycles. The lowest BCUT2D eigenvalue weighted by Crippen LogP contribution is -2.17. The SMILES string of the molecule is CCNC(C)c1ccc(OCCc2cccs2)c(F)c1. The molecular formula is C16H20FNOS. The van der Waals surface area contributed by atoms with Gasteiger partial charge in [0.15, 0.2) is 11.6 Å². The van der Waals surface area contributed by atoms with Crippen LogP contribution >= 0.6 is 11.3 Å². The molecule has 0 aliphatic rings. The van der Waals surface area contributed by atoms with Gasteiger partial charge in [-0.2, -0.15) is 0 Å². The number of hydrogen-bond acceptors (Lipinski definition) is 3. The fourth-order valence-corrected chi connectivity index (χ4v) is 2.73. The second-order valence-corrected chi connectivity index (χ2v) is 5.68.